The first-order chi connectivity index (χ1) is 48.4. The number of fused-ring (bicyclic) bond motifs is 6. The van der Waals surface area contributed by atoms with Crippen molar-refractivity contribution in [2.75, 3.05) is 39.5 Å². The summed E-state index contributed by atoms with van der Waals surface area (Å²) in [5, 5.41) is 19.3. The maximum absolute atomic E-state index is 14.4. The van der Waals surface area contributed by atoms with E-state index >= 15 is 0 Å². The predicted octanol–water partition coefficient (Wildman–Crippen LogP) is 4.80. The number of aliphatic carboxylic acids is 1. The highest BCUT2D eigenvalue weighted by atomic mass is 32.2. The van der Waals surface area contributed by atoms with Crippen LogP contribution in [0.15, 0.2) is 60.7 Å². The molecule has 0 unspecified atom stereocenters. The zero-order valence-corrected chi connectivity index (χ0v) is 60.2. The third-order valence-corrected chi connectivity index (χ3v) is 22.7. The third kappa shape index (κ3) is 19.6. The van der Waals surface area contributed by atoms with Gasteiger partial charge in [-0.2, -0.15) is 0 Å². The van der Waals surface area contributed by atoms with Gasteiger partial charge in [0.15, 0.2) is 0 Å². The predicted molar refractivity (Wildman–Crippen MR) is 360 cm³/mol. The van der Waals surface area contributed by atoms with Gasteiger partial charge in [-0.3, -0.25) is 48.1 Å². The molecular formula is C70H92F2N8O21S2. The Morgan fingerprint density at radius 2 is 1.04 bits per heavy atom. The number of benzene rings is 2. The lowest BCUT2D eigenvalue weighted by atomic mass is 9.97. The fourth-order valence-electron chi connectivity index (χ4n) is 13.7. The number of nitrogens with zero attached hydrogens (tertiary/aromatic N) is 4. The average molecular weight is 1480 g/mol. The quantitative estimate of drug-likeness (QED) is 0.114. The van der Waals surface area contributed by atoms with Gasteiger partial charge in [-0.25, -0.2) is 45.1 Å². The van der Waals surface area contributed by atoms with Gasteiger partial charge in [-0.1, -0.05) is 48.6 Å². The summed E-state index contributed by atoms with van der Waals surface area (Å²) in [6, 6.07) is 6.85. The molecule has 6 heterocycles. The number of carboxylic acid groups (broad SMARTS) is 1. The lowest BCUT2D eigenvalue weighted by Crippen LogP contribution is -2.57. The molecule has 4 saturated carbocycles. The summed E-state index contributed by atoms with van der Waals surface area (Å²) in [5.41, 5.74) is -2.59. The molecule has 2 saturated heterocycles. The first-order valence-electron chi connectivity index (χ1n) is 34.9. The molecule has 0 spiro atoms. The van der Waals surface area contributed by atoms with Gasteiger partial charge in [-0.05, 0) is 129 Å². The number of hydrogen-bond acceptors (Lipinski definition) is 20. The highest BCUT2D eigenvalue weighted by molar-refractivity contribution is 7.91. The number of primary sulfonamides is 1. The Balaban J connectivity index is 0.000000203. The third-order valence-electron chi connectivity index (χ3n) is 19.5. The van der Waals surface area contributed by atoms with Crippen LogP contribution in [0.3, 0.4) is 0 Å². The first kappa shape index (κ1) is 77.5. The van der Waals surface area contributed by atoms with Crippen molar-refractivity contribution in [3.8, 4) is 0 Å². The van der Waals surface area contributed by atoms with Crippen LogP contribution in [-0.4, -0.2) is 198 Å². The zero-order valence-electron chi connectivity index (χ0n) is 58.6. The van der Waals surface area contributed by atoms with Gasteiger partial charge in [0.25, 0.3) is 5.91 Å². The second-order valence-electron chi connectivity index (χ2n) is 30.0. The molecular weight excluding hydrogens is 1390 g/mol. The van der Waals surface area contributed by atoms with Crippen molar-refractivity contribution in [1.29, 1.82) is 0 Å². The summed E-state index contributed by atoms with van der Waals surface area (Å²) in [6.07, 6.45) is 6.87. The highest BCUT2D eigenvalue weighted by Gasteiger charge is 2.63. The minimum atomic E-state index is -3.94. The number of esters is 2. The van der Waals surface area contributed by atoms with E-state index in [1.54, 1.807) is 90.1 Å². The Kier molecular flexibility index (Phi) is 23.5. The van der Waals surface area contributed by atoms with Gasteiger partial charge in [0.2, 0.25) is 43.7 Å². The monoisotopic (exact) mass is 1480 g/mol. The van der Waals surface area contributed by atoms with Crippen molar-refractivity contribution >= 4 is 79.7 Å². The second kappa shape index (κ2) is 31.3. The van der Waals surface area contributed by atoms with Gasteiger partial charge in [0.05, 0.1) is 62.7 Å². The number of sulfonamides is 2. The molecule has 7 amide bonds. The molecule has 10 atom stereocenters. The van der Waals surface area contributed by atoms with E-state index in [-0.39, 0.29) is 116 Å². The summed E-state index contributed by atoms with van der Waals surface area (Å²) >= 11 is 0. The van der Waals surface area contributed by atoms with Crippen molar-refractivity contribution in [2.24, 2.45) is 28.8 Å². The molecule has 4 aliphatic carbocycles. The number of carboxylic acids is 1. The number of hydrogen-bond donors (Lipinski definition) is 5. The molecule has 33 heteroatoms. The van der Waals surface area contributed by atoms with E-state index in [0.29, 0.717) is 54.5 Å². The minimum absolute atomic E-state index is 0.00352. The standard InChI is InChI=1S/C35H45FN4O10S.C32H40FN3O9.C3H7NO2S/c1-34(2,3)50-29(41)15-21-8-5-13-48-14-6-9-23-17-35(23,32(44)38-51(46,47)25-11-12-25)37-30(42)28-16-24(19-40(28)31(21)43)49-33(45)39-18-22-7-4-10-27(36)26(22)20-39;1-31(2,3)45-26(37)13-19-8-5-11-43-12-6-9-21-15-32(21,29(40)41)34-27(38)25-14-22(17-36(25)28(19)39)44-30(42)35-16-20-7-4-10-24(33)23(20)18-35;4-7(5,6)3-1-2-3/h4,6-7,9-10,21,23-25,28H,5,8,11-20H2,1-3H3,(H,37,42)(H,38,44);4,6-7,9-10,19,21-22,25H,5,8,11-18H2,1-3H3,(H,34,38)(H,40,41);3H,1-2H2,(H2,4,5,6)/b2*9-6-;/t21-,23-,24-,28+,35-;19-,21-,22-,25+,32-;/m11./s1. The largest absolute Gasteiger partial charge is 0.479 e. The van der Waals surface area contributed by atoms with Gasteiger partial charge in [0, 0.05) is 73.9 Å². The lowest BCUT2D eigenvalue weighted by Gasteiger charge is -2.30. The first-order valence-corrected chi connectivity index (χ1v) is 38.0. The Labute approximate surface area is 596 Å². The van der Waals surface area contributed by atoms with Crippen molar-refractivity contribution < 1.29 is 107 Å². The number of rotatable bonds is 11. The minimum Gasteiger partial charge on any atom is -0.479 e. The summed E-state index contributed by atoms with van der Waals surface area (Å²) in [5.74, 6) is -9.29. The number of carbonyl (C=O) groups is 10. The molecule has 564 valence electrons. The number of amides is 7. The fraction of sp³-hybridized carbons (Fsp3) is 0.629. The van der Waals surface area contributed by atoms with E-state index in [9.17, 15) is 78.7 Å². The molecule has 6 fully saturated rings. The molecule has 6 aliphatic heterocycles. The molecule has 12 rings (SSSR count). The summed E-state index contributed by atoms with van der Waals surface area (Å²) in [4.78, 5) is 140. The number of carbonyl (C=O) groups excluding carboxylic acids is 9. The Hall–Kier alpha value is -8.14. The number of nitrogens with two attached hydrogens (primary N) is 1. The van der Waals surface area contributed by atoms with E-state index in [1.807, 2.05) is 0 Å². The molecule has 0 radical (unpaired) electrons. The highest BCUT2D eigenvalue weighted by Crippen LogP contribution is 2.47. The van der Waals surface area contributed by atoms with Crippen LogP contribution in [0.1, 0.15) is 154 Å². The summed E-state index contributed by atoms with van der Waals surface area (Å²) < 4.78 is 110. The Bertz CT molecular complexity index is 3930. The van der Waals surface area contributed by atoms with Gasteiger partial charge < -0.3 is 54.0 Å². The number of nitrogens with one attached hydrogen (secondary N) is 3. The zero-order chi connectivity index (χ0) is 74.7. The lowest BCUT2D eigenvalue weighted by molar-refractivity contribution is -0.159. The maximum Gasteiger partial charge on any atom is 0.410 e. The SMILES string of the molecule is CC(C)(C)OC(=O)C[C@H]1CCCOC/C=C\[C@@H]2C[C@@]2(C(=O)NS(=O)(=O)C2CC2)NC(=O)[C@@H]2C[C@@H](OC(=O)N3Cc4cccc(F)c4C3)CN2C1=O.CC(C)(C)OC(=O)C[C@H]1CCCOC/C=C\[C@@H]2C[C@@]2(C(=O)O)NC(=O)[C@@H]2C[C@@H](OC(=O)N3Cc4cccc(F)c4C3)CN2C1=O.NS(=O)(=O)C1CC1. The molecule has 10 aliphatic rings. The van der Waals surface area contributed by atoms with E-state index in [2.05, 4.69) is 15.4 Å². The topological polar surface area (TPSA) is 390 Å². The molecule has 103 heavy (non-hydrogen) atoms. The molecule has 0 aromatic heterocycles. The number of halogens is 2. The summed E-state index contributed by atoms with van der Waals surface area (Å²) in [6.45, 7) is 11.3. The van der Waals surface area contributed by atoms with Crippen molar-refractivity contribution in [3.63, 3.8) is 0 Å². The molecule has 2 aromatic carbocycles. The normalized spacial score (nSPS) is 28.7. The van der Waals surface area contributed by atoms with E-state index in [4.69, 9.17) is 33.6 Å². The number of ether oxygens (including phenoxy) is 6. The van der Waals surface area contributed by atoms with Gasteiger partial charge in [0.1, 0.15) is 58.2 Å². The van der Waals surface area contributed by atoms with E-state index in [0.717, 1.165) is 12.8 Å². The van der Waals surface area contributed by atoms with Crippen LogP contribution < -0.4 is 20.5 Å². The average Bonchev–Trinajstić information content (AvgIpc) is 1.58. The maximum atomic E-state index is 14.4. The molecule has 6 N–H and O–H groups in total. The van der Waals surface area contributed by atoms with Gasteiger partial charge in [-0.15, -0.1) is 0 Å². The fourth-order valence-corrected chi connectivity index (χ4v) is 15.9. The smallest absolute Gasteiger partial charge is 0.410 e. The summed E-state index contributed by atoms with van der Waals surface area (Å²) in [7, 11) is -7.06. The second-order valence-corrected chi connectivity index (χ2v) is 33.8. The van der Waals surface area contributed by atoms with E-state index < -0.39 is 167 Å². The Morgan fingerprint density at radius 3 is 1.43 bits per heavy atom. The van der Waals surface area contributed by atoms with Crippen LogP contribution >= 0.6 is 0 Å². The van der Waals surface area contributed by atoms with Crippen LogP contribution in [-0.2, 0) is 113 Å². The Morgan fingerprint density at radius 1 is 0.621 bits per heavy atom. The van der Waals surface area contributed by atoms with Crippen molar-refractivity contribution in [3.05, 3.63) is 94.6 Å². The van der Waals surface area contributed by atoms with Crippen LogP contribution in [0.4, 0.5) is 18.4 Å². The van der Waals surface area contributed by atoms with Crippen LogP contribution in [0.25, 0.3) is 0 Å². The molecule has 29 nitrogen and oxygen atoms in total. The van der Waals surface area contributed by atoms with Crippen LogP contribution in [0.5, 0.6) is 0 Å². The van der Waals surface area contributed by atoms with Crippen LogP contribution in [0.2, 0.25) is 0 Å². The van der Waals surface area contributed by atoms with Gasteiger partial charge >= 0.3 is 30.1 Å². The molecule has 2 aromatic rings. The van der Waals surface area contributed by atoms with Crippen LogP contribution in [0, 0.1) is 35.3 Å². The van der Waals surface area contributed by atoms with Crippen molar-refractivity contribution in [1.82, 2.24) is 35.0 Å². The molecule has 0 bridgehead atoms. The van der Waals surface area contributed by atoms with Crippen molar-refractivity contribution in [2.45, 2.75) is 215 Å². The van der Waals surface area contributed by atoms with E-state index in [1.165, 1.54) is 31.7 Å².